The predicted molar refractivity (Wildman–Crippen MR) is 443 cm³/mol. The summed E-state index contributed by atoms with van der Waals surface area (Å²) in [6.45, 7) is 11.6. The number of carboxylic acids is 1. The molecule has 3 saturated heterocycles. The predicted octanol–water partition coefficient (Wildman–Crippen LogP) is 3.57. The molecule has 8 amide bonds. The maximum atomic E-state index is 16.5. The molecule has 0 unspecified atom stereocenters. The van der Waals surface area contributed by atoms with Gasteiger partial charge in [0, 0.05) is 30.6 Å². The highest BCUT2D eigenvalue weighted by Gasteiger charge is 2.56. The number of aliphatic hydroxyl groups is 5. The Morgan fingerprint density at radius 3 is 2.06 bits per heavy atom. The van der Waals surface area contributed by atoms with Crippen LogP contribution in [0, 0.1) is 19.8 Å². The van der Waals surface area contributed by atoms with Gasteiger partial charge in [0.2, 0.25) is 63.4 Å². The lowest BCUT2D eigenvalue weighted by Crippen LogP contribution is -2.63. The van der Waals surface area contributed by atoms with E-state index in [0.717, 1.165) is 61.7 Å². The zero-order valence-electron chi connectivity index (χ0n) is 69.5. The van der Waals surface area contributed by atoms with E-state index < -0.39 is 225 Å². The number of phenols is 2. The van der Waals surface area contributed by atoms with Crippen molar-refractivity contribution in [1.29, 1.82) is 0 Å². The average Bonchev–Trinajstić information content (AvgIpc) is 1.30. The van der Waals surface area contributed by atoms with Crippen LogP contribution in [0.1, 0.15) is 161 Å². The molecule has 8 aliphatic heterocycles. The van der Waals surface area contributed by atoms with Crippen LogP contribution in [0.15, 0.2) is 102 Å². The minimum absolute atomic E-state index is 0.0281. The van der Waals surface area contributed by atoms with Gasteiger partial charge in [0.15, 0.2) is 36.0 Å². The van der Waals surface area contributed by atoms with E-state index in [1.165, 1.54) is 63.4 Å². The number of nitrogens with one attached hydrogen (secondary N) is 10. The van der Waals surface area contributed by atoms with Crippen LogP contribution in [-0.4, -0.2) is 215 Å². The molecule has 0 radical (unpaired) electrons. The Morgan fingerprint density at radius 2 is 1.39 bits per heavy atom. The smallest absolute Gasteiger partial charge is 0.408 e. The number of ether oxygens (including phenoxy) is 8. The average molecular weight is 1780 g/mol. The number of likely N-dealkylation sites (N-methyl/N-ethyl adjacent to an activating group) is 1. The molecule has 0 aliphatic carbocycles. The molecule has 40 heteroatoms. The molecule has 14 rings (SSSR count). The molecule has 0 aromatic heterocycles. The number of fused-ring (bicyclic) bond motifs is 16. The van der Waals surface area contributed by atoms with E-state index in [1.54, 1.807) is 26.0 Å². The number of primary amides is 1. The Kier molecular flexibility index (Phi) is 29.5. The Hall–Kier alpha value is -11.1. The summed E-state index contributed by atoms with van der Waals surface area (Å²) in [5.41, 5.74) is 3.25. The van der Waals surface area contributed by atoms with E-state index in [0.29, 0.717) is 25.2 Å². The number of aliphatic carboxylic acids is 1. The van der Waals surface area contributed by atoms with Crippen LogP contribution in [0.3, 0.4) is 0 Å². The Bertz CT molecular complexity index is 5190. The highest BCUT2D eigenvalue weighted by Crippen LogP contribution is 2.50. The SMILES string of the molecule is CCCCCOc1ccc(S(=O)(=O)NCCCCNCc2c(O)cc3c(c2C)-c2cc(ccc2O)[C@H]2NC(=O)[C@@H]4NC(=O)[C@H](CC(N)=O)NC(=O)[C@H](NC(=O)[C@@H](CC(C)C)NC)[C@H](O)c5ccc(c(C)c5)Oc5cc4cc(c5O[C@@H]4O[C@H](CO)[C@@H](O)[C@H](O)[C@H]4O[C@H]4C[C@]5(C)NC(=O)O[C@@H]5[C@H](C)O4)Oc4ccc(cc4Cl)[C@@H](O)[C@H](NC2=O)C(=O)N[C@@H]3C(=O)O)cc1. The van der Waals surface area contributed by atoms with E-state index >= 15 is 24.0 Å². The lowest BCUT2D eigenvalue weighted by Gasteiger charge is -2.46. The van der Waals surface area contributed by atoms with Gasteiger partial charge in [0.1, 0.15) is 89.5 Å². The summed E-state index contributed by atoms with van der Waals surface area (Å²) in [6, 6.07) is 6.00. The highest BCUT2D eigenvalue weighted by atomic mass is 35.5. The van der Waals surface area contributed by atoms with Crippen LogP contribution in [0.2, 0.25) is 5.02 Å². The van der Waals surface area contributed by atoms with Crippen LogP contribution in [0.25, 0.3) is 11.1 Å². The van der Waals surface area contributed by atoms with E-state index in [-0.39, 0.29) is 105 Å². The molecule has 3 fully saturated rings. The van der Waals surface area contributed by atoms with Gasteiger partial charge in [0.25, 0.3) is 0 Å². The maximum absolute atomic E-state index is 16.5. The fraction of sp³-hybridized carbons (Fsp3) is 0.471. The molecule has 11 bridgehead atoms. The zero-order chi connectivity index (χ0) is 90.4. The molecule has 6 aromatic rings. The number of halogens is 1. The summed E-state index contributed by atoms with van der Waals surface area (Å²) in [7, 11) is -2.44. The first kappa shape index (κ1) is 93.1. The van der Waals surface area contributed by atoms with Gasteiger partial charge in [-0.1, -0.05) is 63.4 Å². The van der Waals surface area contributed by atoms with Crippen molar-refractivity contribution >= 4 is 75.0 Å². The second-order valence-corrected chi connectivity index (χ2v) is 34.5. The van der Waals surface area contributed by atoms with E-state index in [1.807, 2.05) is 13.8 Å². The summed E-state index contributed by atoms with van der Waals surface area (Å²) in [4.78, 5) is 133. The van der Waals surface area contributed by atoms with Gasteiger partial charge >= 0.3 is 12.1 Å². The minimum atomic E-state index is -3.93. The molecule has 6 aromatic carbocycles. The second kappa shape index (κ2) is 39.6. The first-order chi connectivity index (χ1) is 59.4. The standard InChI is InChI=1S/C85H104ClN11O27S/c1-9-10-13-26-117-46-17-19-47(20-18-46)125(115,116)90-25-12-11-24-89-36-50-40(5)63-48-29-42(14-21-54(48)99)64-78(108)96-68(81(111)94-66(82(112)113)49(63)33-55(50)100)70(103)44-16-23-57(51(86)30-44)120-59-32-45-31-58(73(59)123-83-74(72(105)71(104)60(37-98)121-83)122-62-35-85(7)75(41(6)118-62)124-84(114)97-85)119-56-22-15-43(28-39(56)4)69(102)67(95-76(106)52(88-8)27-38(2)3)80(110)91-53(34-61(87)101)77(107)92-65(45)79(109)93-64/h14-23,28-33,38,41,52-53,60,62,64-72,74-75,83,88-90,98-100,102-105H,9-13,24-27,34-37H2,1-8H3,(H2,87,101)(H,91,110)(H,92,107)(H,93,109)(H,94,111)(H,95,106)(H,96,108)(H,97,114)(H,112,113)/t41-,52+,53-,60+,62-,64+,65+,66-,67+,68-,69+,70+,71+,72-,74+,75+,83-,85-/m0/s1. The summed E-state index contributed by atoms with van der Waals surface area (Å²) < 4.78 is 79.8. The number of nitrogens with two attached hydrogens (primary N) is 1. The van der Waals surface area contributed by atoms with Crippen LogP contribution >= 0.6 is 11.6 Å². The Morgan fingerprint density at radius 1 is 0.728 bits per heavy atom. The zero-order valence-corrected chi connectivity index (χ0v) is 71.1. The number of aromatic hydroxyl groups is 2. The molecule has 38 nitrogen and oxygen atoms in total. The quantitative estimate of drug-likeness (QED) is 0.0328. The number of aryl methyl sites for hydroxylation is 1. The molecule has 674 valence electrons. The monoisotopic (exact) mass is 1780 g/mol. The van der Waals surface area contributed by atoms with Gasteiger partial charge in [-0.15, -0.1) is 0 Å². The second-order valence-electron chi connectivity index (χ2n) is 32.3. The highest BCUT2D eigenvalue weighted by molar-refractivity contribution is 7.89. The van der Waals surface area contributed by atoms with Crippen molar-refractivity contribution in [2.24, 2.45) is 11.7 Å². The van der Waals surface area contributed by atoms with Gasteiger partial charge in [0.05, 0.1) is 47.2 Å². The van der Waals surface area contributed by atoms with Crippen molar-refractivity contribution < 1.29 is 130 Å². The molecule has 8 aliphatic rings. The first-order valence-electron chi connectivity index (χ1n) is 40.9. The number of hydrogen-bond donors (Lipinski definition) is 19. The molecular formula is C85H104ClN11O27S. The number of hydrogen-bond acceptors (Lipinski definition) is 28. The van der Waals surface area contributed by atoms with Crippen molar-refractivity contribution in [3.8, 4) is 57.1 Å². The number of benzene rings is 6. The van der Waals surface area contributed by atoms with Gasteiger partial charge in [-0.2, -0.15) is 0 Å². The fourth-order valence-electron chi connectivity index (χ4n) is 16.0. The van der Waals surface area contributed by atoms with Gasteiger partial charge < -0.3 is 132 Å². The van der Waals surface area contributed by atoms with E-state index in [9.17, 15) is 68.4 Å². The fourth-order valence-corrected chi connectivity index (χ4v) is 17.3. The summed E-state index contributed by atoms with van der Waals surface area (Å²) in [5.74, 6) is -13.6. The van der Waals surface area contributed by atoms with Gasteiger partial charge in [-0.3, -0.25) is 33.6 Å². The van der Waals surface area contributed by atoms with Gasteiger partial charge in [-0.25, -0.2) is 22.7 Å². The number of amides is 8. The minimum Gasteiger partial charge on any atom is -0.508 e. The van der Waals surface area contributed by atoms with Crippen molar-refractivity contribution in [1.82, 2.24) is 52.6 Å². The largest absolute Gasteiger partial charge is 0.508 e. The molecule has 20 N–H and O–H groups in total. The summed E-state index contributed by atoms with van der Waals surface area (Å²) in [6.07, 6.45) is -15.0. The number of unbranched alkanes of at least 4 members (excludes halogenated alkanes) is 3. The number of alkyl carbamates (subject to hydrolysis) is 1. The van der Waals surface area contributed by atoms with Gasteiger partial charge in [-0.05, 0) is 196 Å². The van der Waals surface area contributed by atoms with Crippen LogP contribution in [0.5, 0.6) is 46.0 Å². The van der Waals surface area contributed by atoms with Crippen molar-refractivity contribution in [3.05, 3.63) is 147 Å². The topological polar surface area (TPSA) is 570 Å². The number of rotatable bonds is 27. The third kappa shape index (κ3) is 21.1. The number of aliphatic hydroxyl groups excluding tert-OH is 5. The third-order valence-electron chi connectivity index (χ3n) is 22.7. The number of sulfonamides is 1. The van der Waals surface area contributed by atoms with E-state index in [2.05, 4.69) is 59.5 Å². The molecule has 125 heavy (non-hydrogen) atoms. The van der Waals surface area contributed by atoms with Crippen LogP contribution in [-0.2, 0) is 73.9 Å². The van der Waals surface area contributed by atoms with Crippen molar-refractivity contribution in [2.45, 2.75) is 221 Å². The maximum Gasteiger partial charge on any atom is 0.408 e. The summed E-state index contributed by atoms with van der Waals surface area (Å²) in [5, 5.41) is 119. The number of phenolic OH excluding ortho intramolecular Hbond substituents is 2. The number of carboxylic acid groups (broad SMARTS) is 1. The molecule has 18 atom stereocenters. The molecule has 0 saturated carbocycles. The Labute approximate surface area is 723 Å². The van der Waals surface area contributed by atoms with Crippen molar-refractivity contribution in [3.63, 3.8) is 0 Å². The summed E-state index contributed by atoms with van der Waals surface area (Å²) >= 11 is 7.20. The number of carbonyl (C=O) groups excluding carboxylic acids is 8. The lowest BCUT2D eigenvalue weighted by molar-refractivity contribution is -0.332. The molecule has 8 heterocycles. The van der Waals surface area contributed by atoms with E-state index in [4.69, 9.17) is 55.2 Å². The van der Waals surface area contributed by atoms with Crippen LogP contribution < -0.4 is 77.3 Å². The van der Waals surface area contributed by atoms with Crippen molar-refractivity contribution in [2.75, 3.05) is 33.4 Å². The lowest BCUT2D eigenvalue weighted by atomic mass is 9.85. The first-order valence-corrected chi connectivity index (χ1v) is 42.8. The third-order valence-corrected chi connectivity index (χ3v) is 24.4. The molecule has 0 spiro atoms. The normalized spacial score (nSPS) is 26.5. The molecular weight excluding hydrogens is 1670 g/mol. The number of carbonyl (C=O) groups is 9. The Balaban J connectivity index is 0.995. The van der Waals surface area contributed by atoms with Crippen LogP contribution in [0.4, 0.5) is 4.79 Å².